The van der Waals surface area contributed by atoms with E-state index in [0.717, 1.165) is 19.6 Å². The molecule has 0 bridgehead atoms. The summed E-state index contributed by atoms with van der Waals surface area (Å²) in [6, 6.07) is 2.36. The van der Waals surface area contributed by atoms with Crippen LogP contribution in [0.5, 0.6) is 0 Å². The van der Waals surface area contributed by atoms with E-state index in [-0.39, 0.29) is 0 Å². The summed E-state index contributed by atoms with van der Waals surface area (Å²) in [5.74, 6) is 0. The molecular formula is C10H16N2S. The van der Waals surface area contributed by atoms with E-state index in [1.807, 2.05) is 11.3 Å². The van der Waals surface area contributed by atoms with Crippen LogP contribution in [0.4, 0.5) is 0 Å². The third-order valence-corrected chi connectivity index (χ3v) is 3.66. The summed E-state index contributed by atoms with van der Waals surface area (Å²) in [6.45, 7) is 2.64. The predicted molar refractivity (Wildman–Crippen MR) is 57.1 cm³/mol. The molecular weight excluding hydrogens is 180 g/mol. The smallest absolute Gasteiger partial charge is 0.0300 e. The molecule has 0 radical (unpaired) electrons. The summed E-state index contributed by atoms with van der Waals surface area (Å²) in [5.41, 5.74) is 7.00. The largest absolute Gasteiger partial charge is 0.329 e. The number of nitrogens with one attached hydrogen (secondary N) is 1. The van der Waals surface area contributed by atoms with E-state index in [4.69, 9.17) is 5.73 Å². The van der Waals surface area contributed by atoms with Crippen molar-refractivity contribution in [3.05, 3.63) is 21.4 Å². The van der Waals surface area contributed by atoms with Crippen LogP contribution in [-0.2, 0) is 19.4 Å². The molecule has 3 heteroatoms. The van der Waals surface area contributed by atoms with Crippen LogP contribution in [0.2, 0.25) is 0 Å². The molecule has 72 valence electrons. The Bertz CT molecular complexity index is 259. The molecule has 0 atom stereocenters. The quantitative estimate of drug-likeness (QED) is 0.712. The van der Waals surface area contributed by atoms with Crippen molar-refractivity contribution in [2.24, 2.45) is 5.73 Å². The number of nitrogens with two attached hydrogens (primary N) is 1. The van der Waals surface area contributed by atoms with E-state index >= 15 is 0 Å². The minimum Gasteiger partial charge on any atom is -0.329 e. The van der Waals surface area contributed by atoms with Crippen molar-refractivity contribution < 1.29 is 0 Å². The average Bonchev–Trinajstić information content (AvgIpc) is 2.64. The molecule has 1 aromatic heterocycles. The molecule has 0 fully saturated rings. The van der Waals surface area contributed by atoms with Gasteiger partial charge in [-0.25, -0.2) is 0 Å². The van der Waals surface area contributed by atoms with Crippen molar-refractivity contribution in [2.45, 2.75) is 25.8 Å². The Hall–Kier alpha value is -0.380. The summed E-state index contributed by atoms with van der Waals surface area (Å²) in [6.07, 6.45) is 3.96. The van der Waals surface area contributed by atoms with Crippen LogP contribution in [0, 0.1) is 0 Å². The van der Waals surface area contributed by atoms with Gasteiger partial charge in [-0.2, -0.15) is 0 Å². The van der Waals surface area contributed by atoms with Gasteiger partial charge < -0.3 is 11.1 Å². The molecule has 1 aromatic rings. The molecule has 0 aliphatic heterocycles. The van der Waals surface area contributed by atoms with Gasteiger partial charge in [-0.15, -0.1) is 11.3 Å². The van der Waals surface area contributed by atoms with Crippen molar-refractivity contribution in [2.75, 3.05) is 13.1 Å². The van der Waals surface area contributed by atoms with Gasteiger partial charge in [0.05, 0.1) is 0 Å². The highest BCUT2D eigenvalue weighted by Crippen LogP contribution is 2.30. The second-order valence-electron chi connectivity index (χ2n) is 3.48. The van der Waals surface area contributed by atoms with Gasteiger partial charge in [-0.05, 0) is 30.9 Å². The van der Waals surface area contributed by atoms with Crippen LogP contribution in [0.25, 0.3) is 0 Å². The van der Waals surface area contributed by atoms with Crippen LogP contribution in [-0.4, -0.2) is 13.1 Å². The lowest BCUT2D eigenvalue weighted by Gasteiger charge is -1.99. The lowest BCUT2D eigenvalue weighted by atomic mass is 10.2. The number of rotatable bonds is 4. The van der Waals surface area contributed by atoms with Crippen LogP contribution in [0.15, 0.2) is 6.07 Å². The predicted octanol–water partition coefficient (Wildman–Crippen LogP) is 1.29. The fourth-order valence-corrected chi connectivity index (χ4v) is 3.02. The van der Waals surface area contributed by atoms with Crippen LogP contribution in [0.3, 0.4) is 0 Å². The van der Waals surface area contributed by atoms with Crippen LogP contribution in [0.1, 0.15) is 21.7 Å². The van der Waals surface area contributed by atoms with E-state index in [9.17, 15) is 0 Å². The topological polar surface area (TPSA) is 38.0 Å². The number of hydrogen-bond donors (Lipinski definition) is 2. The van der Waals surface area contributed by atoms with Gasteiger partial charge in [-0.3, -0.25) is 0 Å². The Morgan fingerprint density at radius 2 is 2.38 bits per heavy atom. The maximum atomic E-state index is 5.41. The minimum atomic E-state index is 0.727. The molecule has 0 saturated heterocycles. The molecule has 0 unspecified atom stereocenters. The summed E-state index contributed by atoms with van der Waals surface area (Å²) in [7, 11) is 0. The number of hydrogen-bond acceptors (Lipinski definition) is 3. The molecule has 0 aromatic carbocycles. The first-order chi connectivity index (χ1) is 6.40. The monoisotopic (exact) mass is 196 g/mol. The highest BCUT2D eigenvalue weighted by molar-refractivity contribution is 7.12. The van der Waals surface area contributed by atoms with Crippen molar-refractivity contribution in [1.29, 1.82) is 0 Å². The van der Waals surface area contributed by atoms with Crippen molar-refractivity contribution >= 4 is 11.3 Å². The van der Waals surface area contributed by atoms with Gasteiger partial charge in [0.2, 0.25) is 0 Å². The average molecular weight is 196 g/mol. The van der Waals surface area contributed by atoms with E-state index in [1.54, 1.807) is 10.4 Å². The van der Waals surface area contributed by atoms with Crippen molar-refractivity contribution in [3.63, 3.8) is 0 Å². The Morgan fingerprint density at radius 3 is 3.15 bits per heavy atom. The number of fused-ring (bicyclic) bond motifs is 1. The zero-order valence-electron chi connectivity index (χ0n) is 7.81. The normalized spacial score (nSPS) is 14.8. The van der Waals surface area contributed by atoms with E-state index in [2.05, 4.69) is 11.4 Å². The van der Waals surface area contributed by atoms with Crippen molar-refractivity contribution in [3.8, 4) is 0 Å². The van der Waals surface area contributed by atoms with Gasteiger partial charge in [-0.1, -0.05) is 0 Å². The Kier molecular flexibility index (Phi) is 2.98. The Morgan fingerprint density at radius 1 is 1.46 bits per heavy atom. The van der Waals surface area contributed by atoms with Crippen LogP contribution >= 0.6 is 11.3 Å². The van der Waals surface area contributed by atoms with E-state index < -0.39 is 0 Å². The number of aryl methyl sites for hydroxylation is 2. The second-order valence-corrected chi connectivity index (χ2v) is 4.70. The lowest BCUT2D eigenvalue weighted by Crippen LogP contribution is -2.21. The van der Waals surface area contributed by atoms with E-state index in [1.165, 1.54) is 24.1 Å². The van der Waals surface area contributed by atoms with Crippen molar-refractivity contribution in [1.82, 2.24) is 5.32 Å². The van der Waals surface area contributed by atoms with E-state index in [0.29, 0.717) is 0 Å². The third-order valence-electron chi connectivity index (χ3n) is 2.42. The van der Waals surface area contributed by atoms with Gasteiger partial charge in [0, 0.05) is 29.4 Å². The van der Waals surface area contributed by atoms with Crippen LogP contribution < -0.4 is 11.1 Å². The molecule has 1 heterocycles. The number of thiophene rings is 1. The standard InChI is InChI=1S/C10H16N2S/c11-4-5-12-7-9-6-8-2-1-3-10(8)13-9/h6,12H,1-5,7,11H2. The maximum Gasteiger partial charge on any atom is 0.0300 e. The maximum absolute atomic E-state index is 5.41. The highest BCUT2D eigenvalue weighted by atomic mass is 32.1. The first-order valence-corrected chi connectivity index (χ1v) is 5.73. The van der Waals surface area contributed by atoms with Gasteiger partial charge in [0.1, 0.15) is 0 Å². The second kappa shape index (κ2) is 4.22. The third kappa shape index (κ3) is 2.10. The molecule has 2 nitrogen and oxygen atoms in total. The lowest BCUT2D eigenvalue weighted by molar-refractivity contribution is 0.701. The Labute approximate surface area is 83.1 Å². The fraction of sp³-hybridized carbons (Fsp3) is 0.600. The molecule has 2 rings (SSSR count). The molecule has 0 spiro atoms. The van der Waals surface area contributed by atoms with Gasteiger partial charge in [0.15, 0.2) is 0 Å². The van der Waals surface area contributed by atoms with Gasteiger partial charge >= 0.3 is 0 Å². The summed E-state index contributed by atoms with van der Waals surface area (Å²) in [5, 5.41) is 3.33. The summed E-state index contributed by atoms with van der Waals surface area (Å²) < 4.78 is 0. The zero-order chi connectivity index (χ0) is 9.10. The van der Waals surface area contributed by atoms with Gasteiger partial charge in [0.25, 0.3) is 0 Å². The first-order valence-electron chi connectivity index (χ1n) is 4.91. The fourth-order valence-electron chi connectivity index (χ4n) is 1.79. The Balaban J connectivity index is 1.91. The molecule has 1 aliphatic carbocycles. The highest BCUT2D eigenvalue weighted by Gasteiger charge is 2.13. The molecule has 3 N–H and O–H groups in total. The SMILES string of the molecule is NCCNCc1cc2c(s1)CCC2. The summed E-state index contributed by atoms with van der Waals surface area (Å²) in [4.78, 5) is 3.09. The molecule has 1 aliphatic rings. The molecule has 0 amide bonds. The minimum absolute atomic E-state index is 0.727. The summed E-state index contributed by atoms with van der Waals surface area (Å²) >= 11 is 1.97. The first kappa shape index (κ1) is 9.19. The zero-order valence-corrected chi connectivity index (χ0v) is 8.62. The molecule has 0 saturated carbocycles. The molecule has 13 heavy (non-hydrogen) atoms.